The minimum Gasteiger partial charge on any atom is -0.760 e. The second kappa shape index (κ2) is 3.29. The molecule has 64 valence electrons. The summed E-state index contributed by atoms with van der Waals surface area (Å²) >= 11 is -2.26. The Kier molecular flexibility index (Phi) is 2.58. The lowest BCUT2D eigenvalue weighted by Crippen LogP contribution is -2.24. The number of nitrogens with zero attached hydrogens (tertiary/aromatic N) is 1. The van der Waals surface area contributed by atoms with E-state index in [1.54, 1.807) is 0 Å². The van der Waals surface area contributed by atoms with E-state index in [9.17, 15) is 13.6 Å². The third kappa shape index (κ3) is 1.98. The van der Waals surface area contributed by atoms with E-state index in [4.69, 9.17) is 5.11 Å². The minimum atomic E-state index is -2.26. The minimum absolute atomic E-state index is 0.117. The summed E-state index contributed by atoms with van der Waals surface area (Å²) in [4.78, 5) is 10.3. The van der Waals surface area contributed by atoms with Crippen LogP contribution in [0.4, 0.5) is 0 Å². The van der Waals surface area contributed by atoms with E-state index in [0.717, 1.165) is 4.31 Å². The van der Waals surface area contributed by atoms with Gasteiger partial charge in [0.1, 0.15) is 0 Å². The van der Waals surface area contributed by atoms with Crippen LogP contribution in [0, 0.1) is 5.92 Å². The fourth-order valence-corrected chi connectivity index (χ4v) is 1.62. The van der Waals surface area contributed by atoms with Crippen molar-refractivity contribution in [3.05, 3.63) is 0 Å². The van der Waals surface area contributed by atoms with Gasteiger partial charge in [-0.2, -0.15) is 0 Å². The Bertz CT molecular complexity index is 175. The molecule has 0 radical (unpaired) electrons. The number of hydrogen-bond acceptors (Lipinski definition) is 3. The van der Waals surface area contributed by atoms with E-state index >= 15 is 0 Å². The number of carboxylic acids is 1. The van der Waals surface area contributed by atoms with E-state index in [2.05, 4.69) is 0 Å². The summed E-state index contributed by atoms with van der Waals surface area (Å²) in [5.41, 5.74) is 0. The zero-order chi connectivity index (χ0) is 8.43. The van der Waals surface area contributed by atoms with Crippen LogP contribution in [0.1, 0.15) is 6.42 Å². The van der Waals surface area contributed by atoms with Gasteiger partial charge in [0.25, 0.3) is 0 Å². The number of carbonyl (C=O) groups is 1. The second-order valence-electron chi connectivity index (χ2n) is 2.43. The Hall–Kier alpha value is -0.460. The Morgan fingerprint density at radius 3 is 2.64 bits per heavy atom. The molecule has 1 heterocycles. The SMILES string of the molecule is O=C(O)C1CCN(S(=O)[O-])C1. The molecule has 2 unspecified atom stereocenters. The summed E-state index contributed by atoms with van der Waals surface area (Å²) in [6.45, 7) is 0.443. The van der Waals surface area contributed by atoms with Crippen LogP contribution in [-0.2, 0) is 16.1 Å². The third-order valence-corrected chi connectivity index (χ3v) is 2.46. The second-order valence-corrected chi connectivity index (χ2v) is 3.38. The molecule has 0 aromatic rings. The van der Waals surface area contributed by atoms with E-state index < -0.39 is 23.2 Å². The van der Waals surface area contributed by atoms with E-state index in [-0.39, 0.29) is 6.54 Å². The van der Waals surface area contributed by atoms with Gasteiger partial charge in [0, 0.05) is 24.4 Å². The topological polar surface area (TPSA) is 80.7 Å². The predicted molar refractivity (Wildman–Crippen MR) is 36.2 cm³/mol. The molecule has 1 rings (SSSR count). The normalized spacial score (nSPS) is 28.6. The third-order valence-electron chi connectivity index (χ3n) is 1.71. The number of rotatable bonds is 2. The maximum Gasteiger partial charge on any atom is 0.307 e. The summed E-state index contributed by atoms with van der Waals surface area (Å²) in [5.74, 6) is -1.44. The highest BCUT2D eigenvalue weighted by atomic mass is 32.2. The molecule has 1 saturated heterocycles. The molecule has 0 aromatic heterocycles. The van der Waals surface area contributed by atoms with Crippen molar-refractivity contribution in [2.45, 2.75) is 6.42 Å². The highest BCUT2D eigenvalue weighted by Crippen LogP contribution is 2.16. The highest BCUT2D eigenvalue weighted by Gasteiger charge is 2.28. The van der Waals surface area contributed by atoms with Gasteiger partial charge in [-0.15, -0.1) is 0 Å². The number of carboxylic acid groups (broad SMARTS) is 1. The Labute approximate surface area is 66.4 Å². The molecule has 0 amide bonds. The first-order chi connectivity index (χ1) is 5.11. The summed E-state index contributed by atoms with van der Waals surface area (Å²) in [5, 5.41) is 8.49. The molecule has 0 bridgehead atoms. The summed E-state index contributed by atoms with van der Waals surface area (Å²) in [7, 11) is 0. The number of aliphatic carboxylic acids is 1. The molecule has 0 aliphatic carbocycles. The largest absolute Gasteiger partial charge is 0.760 e. The molecule has 1 N–H and O–H groups in total. The van der Waals surface area contributed by atoms with Crippen molar-refractivity contribution in [1.82, 2.24) is 4.31 Å². The molecule has 1 aliphatic heterocycles. The lowest BCUT2D eigenvalue weighted by molar-refractivity contribution is -0.141. The molecule has 1 fully saturated rings. The first kappa shape index (κ1) is 8.63. The molecular weight excluding hydrogens is 170 g/mol. The van der Waals surface area contributed by atoms with Crippen molar-refractivity contribution in [2.75, 3.05) is 13.1 Å². The van der Waals surface area contributed by atoms with Crippen molar-refractivity contribution in [1.29, 1.82) is 0 Å². The average Bonchev–Trinajstić information content (AvgIpc) is 2.33. The van der Waals surface area contributed by atoms with Crippen LogP contribution >= 0.6 is 0 Å². The Morgan fingerprint density at radius 2 is 2.36 bits per heavy atom. The fourth-order valence-electron chi connectivity index (χ4n) is 1.07. The van der Waals surface area contributed by atoms with Gasteiger partial charge in [0.05, 0.1) is 5.92 Å². The van der Waals surface area contributed by atoms with Crippen molar-refractivity contribution >= 4 is 17.2 Å². The van der Waals surface area contributed by atoms with Gasteiger partial charge in [0.15, 0.2) is 0 Å². The van der Waals surface area contributed by atoms with Gasteiger partial charge in [-0.05, 0) is 6.42 Å². The first-order valence-electron chi connectivity index (χ1n) is 3.18. The van der Waals surface area contributed by atoms with Crippen LogP contribution in [0.5, 0.6) is 0 Å². The highest BCUT2D eigenvalue weighted by molar-refractivity contribution is 7.76. The van der Waals surface area contributed by atoms with Gasteiger partial charge in [0.2, 0.25) is 0 Å². The fraction of sp³-hybridized carbons (Fsp3) is 0.800. The zero-order valence-corrected chi connectivity index (χ0v) is 6.54. The Morgan fingerprint density at radius 1 is 1.73 bits per heavy atom. The molecule has 11 heavy (non-hydrogen) atoms. The molecule has 1 aliphatic rings. The van der Waals surface area contributed by atoms with Gasteiger partial charge >= 0.3 is 5.97 Å². The van der Waals surface area contributed by atoms with Crippen LogP contribution in [0.15, 0.2) is 0 Å². The van der Waals surface area contributed by atoms with Crippen molar-refractivity contribution in [2.24, 2.45) is 5.92 Å². The average molecular weight is 178 g/mol. The lowest BCUT2D eigenvalue weighted by atomic mass is 10.1. The molecule has 0 aromatic carbocycles. The summed E-state index contributed by atoms with van der Waals surface area (Å²) < 4.78 is 21.7. The monoisotopic (exact) mass is 178 g/mol. The van der Waals surface area contributed by atoms with Crippen molar-refractivity contribution < 1.29 is 18.7 Å². The molecule has 0 spiro atoms. The van der Waals surface area contributed by atoms with Gasteiger partial charge in [-0.1, -0.05) is 0 Å². The van der Waals surface area contributed by atoms with Gasteiger partial charge < -0.3 is 9.66 Å². The molecule has 0 saturated carbocycles. The molecule has 5 nitrogen and oxygen atoms in total. The van der Waals surface area contributed by atoms with Crippen LogP contribution in [0.25, 0.3) is 0 Å². The van der Waals surface area contributed by atoms with E-state index in [1.165, 1.54) is 0 Å². The number of hydrogen-bond donors (Lipinski definition) is 1. The predicted octanol–water partition coefficient (Wildman–Crippen LogP) is -0.813. The molecule has 6 heteroatoms. The molecular formula is C5H8NO4S-. The first-order valence-corrected chi connectivity index (χ1v) is 4.21. The Balaban J connectivity index is 2.47. The lowest BCUT2D eigenvalue weighted by Gasteiger charge is -2.16. The standard InChI is InChI=1S/C5H9NO4S/c7-5(8)4-1-2-6(3-4)11(9)10/h4H,1-3H2,(H,7,8)(H,9,10)/p-1. The van der Waals surface area contributed by atoms with Crippen molar-refractivity contribution in [3.8, 4) is 0 Å². The van der Waals surface area contributed by atoms with Gasteiger partial charge in [-0.3, -0.25) is 9.00 Å². The summed E-state index contributed by atoms with van der Waals surface area (Å²) in [6.07, 6.45) is 0.420. The smallest absolute Gasteiger partial charge is 0.307 e. The molecule has 2 atom stereocenters. The van der Waals surface area contributed by atoms with Crippen LogP contribution in [-0.4, -0.2) is 37.2 Å². The van der Waals surface area contributed by atoms with Crippen LogP contribution < -0.4 is 0 Å². The maximum atomic E-state index is 10.3. The van der Waals surface area contributed by atoms with E-state index in [0.29, 0.717) is 13.0 Å². The van der Waals surface area contributed by atoms with Gasteiger partial charge in [-0.25, -0.2) is 4.31 Å². The zero-order valence-electron chi connectivity index (χ0n) is 5.73. The van der Waals surface area contributed by atoms with E-state index in [1.807, 2.05) is 0 Å². The van der Waals surface area contributed by atoms with Crippen molar-refractivity contribution in [3.63, 3.8) is 0 Å². The van der Waals surface area contributed by atoms with Crippen LogP contribution in [0.2, 0.25) is 0 Å². The quantitative estimate of drug-likeness (QED) is 0.560. The maximum absolute atomic E-state index is 10.3. The van der Waals surface area contributed by atoms with Crippen LogP contribution in [0.3, 0.4) is 0 Å². The summed E-state index contributed by atoms with van der Waals surface area (Å²) in [6, 6.07) is 0.